The monoisotopic (exact) mass is 269 g/mol. The van der Waals surface area contributed by atoms with E-state index in [2.05, 4.69) is 20.1 Å². The molecular formula is C15H19N5. The number of benzene rings is 1. The Morgan fingerprint density at radius 1 is 1.05 bits per heavy atom. The molecule has 1 aromatic heterocycles. The normalized spacial score (nSPS) is 21.1. The third kappa shape index (κ3) is 2.13. The Balaban J connectivity index is 1.46. The van der Waals surface area contributed by atoms with Gasteiger partial charge in [0.1, 0.15) is 5.82 Å². The van der Waals surface area contributed by atoms with Crippen molar-refractivity contribution in [2.24, 2.45) is 0 Å². The third-order valence-electron chi connectivity index (χ3n) is 4.29. The lowest BCUT2D eigenvalue weighted by Gasteiger charge is -2.47. The molecule has 5 heteroatoms. The average Bonchev–Trinajstić information content (AvgIpc) is 2.47. The first-order chi connectivity index (χ1) is 9.90. The molecule has 2 aromatic rings. The van der Waals surface area contributed by atoms with E-state index in [1.165, 1.54) is 13.1 Å². The molecule has 0 aliphatic carbocycles. The number of nitrogens with zero attached hydrogens (tertiary/aromatic N) is 4. The van der Waals surface area contributed by atoms with E-state index in [4.69, 9.17) is 4.98 Å². The van der Waals surface area contributed by atoms with Gasteiger partial charge < -0.3 is 10.2 Å². The highest BCUT2D eigenvalue weighted by Crippen LogP contribution is 2.23. The fraction of sp³-hybridized carbons (Fsp3) is 0.467. The second-order valence-corrected chi connectivity index (χ2v) is 5.56. The molecule has 0 spiro atoms. The van der Waals surface area contributed by atoms with Crippen molar-refractivity contribution in [2.75, 3.05) is 44.2 Å². The van der Waals surface area contributed by atoms with E-state index in [0.29, 0.717) is 6.04 Å². The van der Waals surface area contributed by atoms with Crippen LogP contribution < -0.4 is 10.2 Å². The van der Waals surface area contributed by atoms with Gasteiger partial charge in [-0.1, -0.05) is 12.1 Å². The van der Waals surface area contributed by atoms with Crippen LogP contribution in [0, 0.1) is 0 Å². The molecule has 5 nitrogen and oxygen atoms in total. The minimum atomic E-state index is 0.686. The van der Waals surface area contributed by atoms with Crippen LogP contribution in [0.3, 0.4) is 0 Å². The highest BCUT2D eigenvalue weighted by atomic mass is 15.3. The fourth-order valence-corrected chi connectivity index (χ4v) is 3.02. The summed E-state index contributed by atoms with van der Waals surface area (Å²) in [5.41, 5.74) is 1.95. The summed E-state index contributed by atoms with van der Waals surface area (Å²) in [6, 6.07) is 8.73. The summed E-state index contributed by atoms with van der Waals surface area (Å²) in [4.78, 5) is 14.1. The third-order valence-corrected chi connectivity index (χ3v) is 4.29. The highest BCUT2D eigenvalue weighted by molar-refractivity contribution is 5.75. The van der Waals surface area contributed by atoms with Gasteiger partial charge in [0.25, 0.3) is 0 Å². The molecular weight excluding hydrogens is 250 g/mol. The second kappa shape index (κ2) is 5.00. The predicted molar refractivity (Wildman–Crippen MR) is 80.0 cm³/mol. The van der Waals surface area contributed by atoms with Crippen molar-refractivity contribution in [3.63, 3.8) is 0 Å². The first kappa shape index (κ1) is 12.1. The molecule has 2 saturated heterocycles. The Morgan fingerprint density at radius 3 is 2.60 bits per heavy atom. The van der Waals surface area contributed by atoms with Crippen LogP contribution in [0.25, 0.3) is 11.0 Å². The van der Waals surface area contributed by atoms with Crippen LogP contribution in [0.5, 0.6) is 0 Å². The van der Waals surface area contributed by atoms with E-state index in [1.54, 1.807) is 0 Å². The van der Waals surface area contributed by atoms with Crippen molar-refractivity contribution in [1.82, 2.24) is 20.2 Å². The number of rotatable bonds is 2. The van der Waals surface area contributed by atoms with Crippen molar-refractivity contribution >= 4 is 16.9 Å². The molecule has 4 rings (SSSR count). The van der Waals surface area contributed by atoms with Gasteiger partial charge in [-0.2, -0.15) is 0 Å². The van der Waals surface area contributed by atoms with E-state index in [9.17, 15) is 0 Å². The minimum Gasteiger partial charge on any atom is -0.352 e. The molecule has 20 heavy (non-hydrogen) atoms. The van der Waals surface area contributed by atoms with Crippen molar-refractivity contribution in [1.29, 1.82) is 0 Å². The molecule has 0 amide bonds. The maximum atomic E-state index is 4.71. The number of hydrogen-bond acceptors (Lipinski definition) is 5. The number of fused-ring (bicyclic) bond motifs is 1. The van der Waals surface area contributed by atoms with Gasteiger partial charge in [0, 0.05) is 45.3 Å². The van der Waals surface area contributed by atoms with Crippen LogP contribution in [0.15, 0.2) is 30.5 Å². The smallest absolute Gasteiger partial charge is 0.147 e. The summed E-state index contributed by atoms with van der Waals surface area (Å²) in [6.07, 6.45) is 1.90. The van der Waals surface area contributed by atoms with Crippen LogP contribution in [-0.2, 0) is 0 Å². The Hall–Kier alpha value is -1.72. The number of piperazine rings is 1. The van der Waals surface area contributed by atoms with Gasteiger partial charge in [-0.25, -0.2) is 4.98 Å². The van der Waals surface area contributed by atoms with Gasteiger partial charge in [0.2, 0.25) is 0 Å². The van der Waals surface area contributed by atoms with E-state index < -0.39 is 0 Å². The van der Waals surface area contributed by atoms with E-state index in [-0.39, 0.29) is 0 Å². The molecule has 3 heterocycles. The predicted octanol–water partition coefficient (Wildman–Crippen LogP) is 0.724. The van der Waals surface area contributed by atoms with E-state index >= 15 is 0 Å². The van der Waals surface area contributed by atoms with E-state index in [1.807, 2.05) is 30.5 Å². The Morgan fingerprint density at radius 2 is 1.80 bits per heavy atom. The van der Waals surface area contributed by atoms with E-state index in [0.717, 1.165) is 43.0 Å². The van der Waals surface area contributed by atoms with Gasteiger partial charge in [0.15, 0.2) is 0 Å². The molecule has 0 saturated carbocycles. The topological polar surface area (TPSA) is 44.3 Å². The molecule has 104 valence electrons. The van der Waals surface area contributed by atoms with Gasteiger partial charge in [-0.05, 0) is 12.1 Å². The Labute approximate surface area is 118 Å². The molecule has 2 aliphatic heterocycles. The van der Waals surface area contributed by atoms with Crippen LogP contribution in [0.2, 0.25) is 0 Å². The zero-order valence-electron chi connectivity index (χ0n) is 11.5. The van der Waals surface area contributed by atoms with Crippen LogP contribution in [0.4, 0.5) is 5.82 Å². The number of hydrogen-bond donors (Lipinski definition) is 1. The average molecular weight is 269 g/mol. The zero-order valence-corrected chi connectivity index (χ0v) is 11.5. The lowest BCUT2D eigenvalue weighted by Crippen LogP contribution is -2.63. The van der Waals surface area contributed by atoms with Crippen molar-refractivity contribution < 1.29 is 0 Å². The maximum absolute atomic E-state index is 4.71. The quantitative estimate of drug-likeness (QED) is 0.870. The molecule has 2 aliphatic rings. The largest absolute Gasteiger partial charge is 0.352 e. The fourth-order valence-electron chi connectivity index (χ4n) is 3.02. The summed E-state index contributed by atoms with van der Waals surface area (Å²) in [5.74, 6) is 1.01. The summed E-state index contributed by atoms with van der Waals surface area (Å²) in [5, 5.41) is 3.40. The lowest BCUT2D eigenvalue weighted by atomic mass is 10.1. The highest BCUT2D eigenvalue weighted by Gasteiger charge is 2.33. The Kier molecular flexibility index (Phi) is 3.01. The summed E-state index contributed by atoms with van der Waals surface area (Å²) in [6.45, 7) is 6.72. The zero-order chi connectivity index (χ0) is 13.4. The number of para-hydroxylation sites is 2. The number of nitrogens with one attached hydrogen (secondary N) is 1. The molecule has 2 fully saturated rings. The Bertz CT molecular complexity index is 602. The van der Waals surface area contributed by atoms with Gasteiger partial charge in [0.05, 0.1) is 17.2 Å². The summed E-state index contributed by atoms with van der Waals surface area (Å²) < 4.78 is 0. The molecule has 0 radical (unpaired) electrons. The SMILES string of the molecule is c1ccc2nc(N3CC(N4CCNCC4)C3)cnc2c1. The van der Waals surface area contributed by atoms with Crippen LogP contribution >= 0.6 is 0 Å². The van der Waals surface area contributed by atoms with Crippen molar-refractivity contribution in [3.8, 4) is 0 Å². The maximum Gasteiger partial charge on any atom is 0.147 e. The minimum absolute atomic E-state index is 0.686. The molecule has 0 unspecified atom stereocenters. The summed E-state index contributed by atoms with van der Waals surface area (Å²) >= 11 is 0. The molecule has 0 bridgehead atoms. The first-order valence-electron chi connectivity index (χ1n) is 7.32. The van der Waals surface area contributed by atoms with Crippen LogP contribution in [-0.4, -0.2) is 60.2 Å². The number of anilines is 1. The second-order valence-electron chi connectivity index (χ2n) is 5.56. The van der Waals surface area contributed by atoms with Gasteiger partial charge in [-0.15, -0.1) is 0 Å². The molecule has 1 aromatic carbocycles. The van der Waals surface area contributed by atoms with Gasteiger partial charge >= 0.3 is 0 Å². The molecule has 0 atom stereocenters. The molecule has 1 N–H and O–H groups in total. The van der Waals surface area contributed by atoms with Gasteiger partial charge in [-0.3, -0.25) is 9.88 Å². The standard InChI is InChI=1S/C15H19N5/c1-2-4-14-13(3-1)17-9-15(18-14)20-10-12(11-20)19-7-5-16-6-8-19/h1-4,9,12,16H,5-8,10-11H2. The first-order valence-corrected chi connectivity index (χ1v) is 7.32. The summed E-state index contributed by atoms with van der Waals surface area (Å²) in [7, 11) is 0. The van der Waals surface area contributed by atoms with Crippen molar-refractivity contribution in [3.05, 3.63) is 30.5 Å². The number of aromatic nitrogens is 2. The van der Waals surface area contributed by atoms with Crippen LogP contribution in [0.1, 0.15) is 0 Å². The lowest BCUT2D eigenvalue weighted by molar-refractivity contribution is 0.147. The van der Waals surface area contributed by atoms with Crippen molar-refractivity contribution in [2.45, 2.75) is 6.04 Å².